The van der Waals surface area contributed by atoms with Gasteiger partial charge in [-0.25, -0.2) is 4.98 Å². The minimum Gasteiger partial charge on any atom is -0.354 e. The van der Waals surface area contributed by atoms with Gasteiger partial charge in [0.25, 0.3) is 0 Å². The molecule has 1 saturated heterocycles. The second-order valence-electron chi connectivity index (χ2n) is 7.66. The molecule has 0 N–H and O–H groups in total. The minimum absolute atomic E-state index is 0.745. The zero-order valence-electron chi connectivity index (χ0n) is 15.7. The molecule has 5 nitrogen and oxygen atoms in total. The molecule has 0 radical (unpaired) electrons. The van der Waals surface area contributed by atoms with Gasteiger partial charge in [-0.15, -0.1) is 0 Å². The summed E-state index contributed by atoms with van der Waals surface area (Å²) >= 11 is 6.05. The maximum atomic E-state index is 6.05. The van der Waals surface area contributed by atoms with Crippen molar-refractivity contribution >= 4 is 23.1 Å². The summed E-state index contributed by atoms with van der Waals surface area (Å²) in [6, 6.07) is 10.00. The number of likely N-dealkylation sites (N-methyl/N-ethyl adjacent to an activating group) is 1. The zero-order chi connectivity index (χ0) is 18.4. The van der Waals surface area contributed by atoms with E-state index in [4.69, 9.17) is 21.7 Å². The van der Waals surface area contributed by atoms with Gasteiger partial charge in [-0.1, -0.05) is 23.7 Å². The first-order valence-corrected chi connectivity index (χ1v) is 10.2. The summed E-state index contributed by atoms with van der Waals surface area (Å²) in [7, 11) is 2.20. The predicted molar refractivity (Wildman–Crippen MR) is 110 cm³/mol. The van der Waals surface area contributed by atoms with Gasteiger partial charge in [0.15, 0.2) is 5.65 Å². The van der Waals surface area contributed by atoms with E-state index in [1.807, 2.05) is 24.3 Å². The average molecular weight is 382 g/mol. The zero-order valence-corrected chi connectivity index (χ0v) is 16.4. The summed E-state index contributed by atoms with van der Waals surface area (Å²) in [5.74, 6) is 1.27. The van der Waals surface area contributed by atoms with E-state index < -0.39 is 0 Å². The average Bonchev–Trinajstić information content (AvgIpc) is 3.11. The van der Waals surface area contributed by atoms with Crippen LogP contribution in [0.4, 0.5) is 5.82 Å². The molecule has 2 aliphatic rings. The number of nitrogens with zero attached hydrogens (tertiary/aromatic N) is 5. The van der Waals surface area contributed by atoms with E-state index in [2.05, 4.69) is 27.4 Å². The number of aromatic nitrogens is 3. The highest BCUT2D eigenvalue weighted by atomic mass is 35.5. The van der Waals surface area contributed by atoms with Crippen molar-refractivity contribution in [2.45, 2.75) is 25.7 Å². The van der Waals surface area contributed by atoms with Crippen molar-refractivity contribution in [2.24, 2.45) is 0 Å². The lowest BCUT2D eigenvalue weighted by atomic mass is 9.96. The highest BCUT2D eigenvalue weighted by Gasteiger charge is 2.25. The van der Waals surface area contributed by atoms with Crippen LogP contribution in [-0.2, 0) is 12.8 Å². The summed E-state index contributed by atoms with van der Waals surface area (Å²) in [6.45, 7) is 4.25. The molecule has 1 fully saturated rings. The molecule has 3 aromatic rings. The molecule has 0 saturated carbocycles. The van der Waals surface area contributed by atoms with Crippen molar-refractivity contribution in [2.75, 3.05) is 38.1 Å². The molecular weight excluding hydrogens is 358 g/mol. The first-order chi connectivity index (χ1) is 13.2. The predicted octanol–water partition coefficient (Wildman–Crippen LogP) is 3.68. The maximum absolute atomic E-state index is 6.05. The molecule has 0 unspecified atom stereocenters. The topological polar surface area (TPSA) is 36.7 Å². The minimum atomic E-state index is 0.745. The quantitative estimate of drug-likeness (QED) is 0.678. The van der Waals surface area contributed by atoms with E-state index in [0.717, 1.165) is 60.9 Å². The fourth-order valence-electron chi connectivity index (χ4n) is 4.23. The smallest absolute Gasteiger partial charge is 0.158 e. The largest absolute Gasteiger partial charge is 0.354 e. The monoisotopic (exact) mass is 381 g/mol. The van der Waals surface area contributed by atoms with Crippen molar-refractivity contribution in [1.29, 1.82) is 0 Å². The highest BCUT2D eigenvalue weighted by Crippen LogP contribution is 2.32. The van der Waals surface area contributed by atoms with Gasteiger partial charge in [0.1, 0.15) is 5.82 Å². The third kappa shape index (κ3) is 3.09. The van der Waals surface area contributed by atoms with Crippen LogP contribution in [0.1, 0.15) is 24.1 Å². The van der Waals surface area contributed by atoms with E-state index in [-0.39, 0.29) is 0 Å². The number of piperazine rings is 1. The SMILES string of the molecule is CN1CCN(c2c3c(nc4cc(-c5ccc(Cl)cc5)nn24)CCCC3)CC1. The van der Waals surface area contributed by atoms with E-state index in [1.165, 1.54) is 29.9 Å². The Bertz CT molecular complexity index is 970. The maximum Gasteiger partial charge on any atom is 0.158 e. The van der Waals surface area contributed by atoms with Gasteiger partial charge >= 0.3 is 0 Å². The normalized spacial score (nSPS) is 18.1. The second-order valence-corrected chi connectivity index (χ2v) is 8.10. The van der Waals surface area contributed by atoms with Crippen molar-refractivity contribution in [3.63, 3.8) is 0 Å². The van der Waals surface area contributed by atoms with Gasteiger partial charge < -0.3 is 9.80 Å². The lowest BCUT2D eigenvalue weighted by Gasteiger charge is -2.36. The molecule has 0 amide bonds. The van der Waals surface area contributed by atoms with Gasteiger partial charge in [0.05, 0.1) is 5.69 Å². The van der Waals surface area contributed by atoms with Crippen molar-refractivity contribution in [1.82, 2.24) is 19.5 Å². The lowest BCUT2D eigenvalue weighted by Crippen LogP contribution is -2.45. The van der Waals surface area contributed by atoms with E-state index in [9.17, 15) is 0 Å². The van der Waals surface area contributed by atoms with Crippen LogP contribution in [0.25, 0.3) is 16.9 Å². The van der Waals surface area contributed by atoms with Gasteiger partial charge in [-0.05, 0) is 44.9 Å². The standard InChI is InChI=1S/C21H24ClN5/c1-25-10-12-26(13-11-25)21-17-4-2-3-5-18(17)23-20-14-19(24-27(20)21)15-6-8-16(22)9-7-15/h6-9,14H,2-5,10-13H2,1H3. The number of anilines is 1. The van der Waals surface area contributed by atoms with Gasteiger partial charge in [-0.3, -0.25) is 0 Å². The van der Waals surface area contributed by atoms with Crippen molar-refractivity contribution in [3.05, 3.63) is 46.6 Å². The Labute approximate surface area is 164 Å². The summed E-state index contributed by atoms with van der Waals surface area (Å²) in [4.78, 5) is 9.89. The van der Waals surface area contributed by atoms with Gasteiger partial charge in [-0.2, -0.15) is 9.61 Å². The Kier molecular flexibility index (Phi) is 4.29. The molecule has 2 aromatic heterocycles. The molecule has 5 rings (SSSR count). The number of benzene rings is 1. The Morgan fingerprint density at radius 2 is 1.70 bits per heavy atom. The number of hydrogen-bond donors (Lipinski definition) is 0. The van der Waals surface area contributed by atoms with Crippen LogP contribution in [0.3, 0.4) is 0 Å². The highest BCUT2D eigenvalue weighted by molar-refractivity contribution is 6.30. The van der Waals surface area contributed by atoms with E-state index >= 15 is 0 Å². The van der Waals surface area contributed by atoms with Crippen molar-refractivity contribution < 1.29 is 0 Å². The molecule has 0 spiro atoms. The molecule has 140 valence electrons. The van der Waals surface area contributed by atoms with E-state index in [1.54, 1.807) is 0 Å². The first-order valence-electron chi connectivity index (χ1n) is 9.80. The summed E-state index contributed by atoms with van der Waals surface area (Å²) in [6.07, 6.45) is 4.66. The molecule has 1 aliphatic heterocycles. The molecule has 1 aromatic carbocycles. The molecule has 0 bridgehead atoms. The second kappa shape index (κ2) is 6.80. The lowest BCUT2D eigenvalue weighted by molar-refractivity contribution is 0.311. The van der Waals surface area contributed by atoms with Crippen molar-refractivity contribution in [3.8, 4) is 11.3 Å². The Morgan fingerprint density at radius 1 is 0.963 bits per heavy atom. The molecule has 3 heterocycles. The molecule has 0 atom stereocenters. The number of rotatable bonds is 2. The fraction of sp³-hybridized carbons (Fsp3) is 0.429. The third-order valence-electron chi connectivity index (χ3n) is 5.79. The molecule has 6 heteroatoms. The van der Waals surface area contributed by atoms with Crippen LogP contribution in [0.5, 0.6) is 0 Å². The van der Waals surface area contributed by atoms with Crippen LogP contribution >= 0.6 is 11.6 Å². The summed E-state index contributed by atoms with van der Waals surface area (Å²) in [5.41, 5.74) is 5.66. The molecule has 1 aliphatic carbocycles. The van der Waals surface area contributed by atoms with Gasteiger partial charge in [0, 0.05) is 54.1 Å². The fourth-order valence-corrected chi connectivity index (χ4v) is 4.36. The first kappa shape index (κ1) is 17.0. The van der Waals surface area contributed by atoms with Crippen LogP contribution in [0.15, 0.2) is 30.3 Å². The van der Waals surface area contributed by atoms with Crippen LogP contribution in [0.2, 0.25) is 5.02 Å². The summed E-state index contributed by atoms with van der Waals surface area (Å²) < 4.78 is 2.08. The number of aryl methyl sites for hydroxylation is 1. The van der Waals surface area contributed by atoms with E-state index in [0.29, 0.717) is 0 Å². The Morgan fingerprint density at radius 3 is 2.48 bits per heavy atom. The molecular formula is C21H24ClN5. The molecule has 27 heavy (non-hydrogen) atoms. The third-order valence-corrected chi connectivity index (χ3v) is 6.04. The van der Waals surface area contributed by atoms with Crippen LogP contribution in [0, 0.1) is 0 Å². The Balaban J connectivity index is 1.66. The number of fused-ring (bicyclic) bond motifs is 2. The Hall–Kier alpha value is -2.11. The summed E-state index contributed by atoms with van der Waals surface area (Å²) in [5, 5.41) is 5.72. The van der Waals surface area contributed by atoms with Crippen LogP contribution < -0.4 is 4.90 Å². The number of hydrogen-bond acceptors (Lipinski definition) is 4. The van der Waals surface area contributed by atoms with Crippen LogP contribution in [-0.4, -0.2) is 52.7 Å². The number of halogens is 1. The van der Waals surface area contributed by atoms with Gasteiger partial charge in [0.2, 0.25) is 0 Å².